The average Bonchev–Trinajstić information content (AvgIpc) is 3.00. The standard InChI is InChI=1S/C10H12F2O8S2/c11-10(12,22(16,17)18)9(13)19-7-5-2-6(4-1-3(4)5)8(7)20-21(14)15/h3-8,21H,1-2H2,(H,16,17,18). The van der Waals surface area contributed by atoms with E-state index in [4.69, 9.17) is 4.55 Å². The van der Waals surface area contributed by atoms with Gasteiger partial charge in [-0.2, -0.15) is 17.2 Å². The molecule has 0 saturated heterocycles. The fraction of sp³-hybridized carbons (Fsp3) is 0.900. The lowest BCUT2D eigenvalue weighted by Crippen LogP contribution is -2.46. The van der Waals surface area contributed by atoms with Gasteiger partial charge in [-0.15, -0.1) is 0 Å². The summed E-state index contributed by atoms with van der Waals surface area (Å²) in [5, 5.41) is -5.11. The third-order valence-corrected chi connectivity index (χ3v) is 5.95. The van der Waals surface area contributed by atoms with Crippen molar-refractivity contribution < 1.29 is 43.9 Å². The summed E-state index contributed by atoms with van der Waals surface area (Å²) < 4.78 is 86.6. The number of carbonyl (C=O) groups is 1. The van der Waals surface area contributed by atoms with Crippen molar-refractivity contribution in [3.05, 3.63) is 0 Å². The van der Waals surface area contributed by atoms with E-state index >= 15 is 0 Å². The molecular formula is C10H12F2O8S2. The number of alkyl halides is 2. The number of thiol groups is 1. The zero-order valence-electron chi connectivity index (χ0n) is 10.8. The Balaban J connectivity index is 1.80. The SMILES string of the molecule is O=C(OC1C2CC(C3CC32)C1O[SH](=O)=O)C(F)(F)S(=O)(=O)O. The van der Waals surface area contributed by atoms with Crippen molar-refractivity contribution in [1.82, 2.24) is 0 Å². The molecule has 12 heteroatoms. The molecule has 0 aromatic carbocycles. The maximum Gasteiger partial charge on any atom is 0.465 e. The number of hydrogen-bond acceptors (Lipinski definition) is 7. The second kappa shape index (κ2) is 4.82. The lowest BCUT2D eigenvalue weighted by molar-refractivity contribution is -0.175. The normalized spacial score (nSPS) is 39.8. The maximum atomic E-state index is 13.2. The smallest absolute Gasteiger partial charge is 0.454 e. The van der Waals surface area contributed by atoms with E-state index in [1.807, 2.05) is 0 Å². The van der Waals surface area contributed by atoms with Gasteiger partial charge in [0.1, 0.15) is 12.2 Å². The molecule has 6 atom stereocenters. The Morgan fingerprint density at radius 2 is 1.59 bits per heavy atom. The molecule has 3 aliphatic rings. The summed E-state index contributed by atoms with van der Waals surface area (Å²) in [5.41, 5.74) is 0. The molecule has 0 amide bonds. The minimum Gasteiger partial charge on any atom is -0.454 e. The number of carbonyl (C=O) groups excluding carboxylic acids is 1. The van der Waals surface area contributed by atoms with Crippen LogP contribution in [0.1, 0.15) is 12.8 Å². The first-order valence-electron chi connectivity index (χ1n) is 6.41. The van der Waals surface area contributed by atoms with Crippen LogP contribution in [0.4, 0.5) is 8.78 Å². The fourth-order valence-corrected chi connectivity index (χ4v) is 4.55. The molecule has 0 aromatic heterocycles. The number of ether oxygens (including phenoxy) is 1. The summed E-state index contributed by atoms with van der Waals surface area (Å²) in [7, 11) is -9.24. The topological polar surface area (TPSA) is 124 Å². The van der Waals surface area contributed by atoms with Crippen LogP contribution < -0.4 is 0 Å². The van der Waals surface area contributed by atoms with Crippen LogP contribution in [0.15, 0.2) is 0 Å². The fourth-order valence-electron chi connectivity index (χ4n) is 3.82. The summed E-state index contributed by atoms with van der Waals surface area (Å²) >= 11 is 0. The lowest BCUT2D eigenvalue weighted by Gasteiger charge is -2.29. The molecule has 0 radical (unpaired) electrons. The summed E-state index contributed by atoms with van der Waals surface area (Å²) in [6.45, 7) is 0. The minimum atomic E-state index is -5.97. The molecule has 3 saturated carbocycles. The largest absolute Gasteiger partial charge is 0.465 e. The summed E-state index contributed by atoms with van der Waals surface area (Å²) in [6.07, 6.45) is -1.11. The van der Waals surface area contributed by atoms with Crippen LogP contribution in [-0.2, 0) is 34.8 Å². The minimum absolute atomic E-state index is 0.145. The molecule has 126 valence electrons. The third kappa shape index (κ3) is 2.32. The molecule has 3 aliphatic carbocycles. The van der Waals surface area contributed by atoms with E-state index in [0.717, 1.165) is 6.42 Å². The van der Waals surface area contributed by atoms with E-state index in [1.54, 1.807) is 0 Å². The molecule has 0 aliphatic heterocycles. The van der Waals surface area contributed by atoms with Gasteiger partial charge in [0.15, 0.2) is 0 Å². The van der Waals surface area contributed by atoms with Crippen LogP contribution in [0.2, 0.25) is 0 Å². The Labute approximate surface area is 125 Å². The van der Waals surface area contributed by atoms with Crippen LogP contribution in [0.5, 0.6) is 0 Å². The van der Waals surface area contributed by atoms with Gasteiger partial charge in [0.05, 0.1) is 0 Å². The molecule has 6 unspecified atom stereocenters. The molecule has 8 nitrogen and oxygen atoms in total. The van der Waals surface area contributed by atoms with Crippen molar-refractivity contribution in [2.75, 3.05) is 0 Å². The van der Waals surface area contributed by atoms with E-state index in [0.29, 0.717) is 6.42 Å². The predicted molar refractivity (Wildman–Crippen MR) is 64.8 cm³/mol. The first-order chi connectivity index (χ1) is 10.0. The first-order valence-corrected chi connectivity index (χ1v) is 8.94. The zero-order valence-corrected chi connectivity index (χ0v) is 12.5. The molecule has 22 heavy (non-hydrogen) atoms. The van der Waals surface area contributed by atoms with E-state index < -0.39 is 44.5 Å². The van der Waals surface area contributed by atoms with Gasteiger partial charge in [0.25, 0.3) is 11.0 Å². The van der Waals surface area contributed by atoms with E-state index in [1.165, 1.54) is 0 Å². The van der Waals surface area contributed by atoms with Gasteiger partial charge in [-0.25, -0.2) is 13.2 Å². The van der Waals surface area contributed by atoms with Crippen molar-refractivity contribution in [3.8, 4) is 0 Å². The zero-order chi connectivity index (χ0) is 16.4. The predicted octanol–water partition coefficient (Wildman–Crippen LogP) is -0.424. The molecule has 3 fully saturated rings. The van der Waals surface area contributed by atoms with Crippen LogP contribution in [0.25, 0.3) is 0 Å². The van der Waals surface area contributed by atoms with Crippen molar-refractivity contribution in [1.29, 1.82) is 0 Å². The van der Waals surface area contributed by atoms with Gasteiger partial charge in [0, 0.05) is 5.92 Å². The van der Waals surface area contributed by atoms with Crippen LogP contribution in [0, 0.1) is 23.7 Å². The highest BCUT2D eigenvalue weighted by molar-refractivity contribution is 7.87. The van der Waals surface area contributed by atoms with Gasteiger partial charge in [0.2, 0.25) is 0 Å². The Bertz CT molecular complexity index is 679. The Hall–Kier alpha value is -0.850. The summed E-state index contributed by atoms with van der Waals surface area (Å²) in [5.74, 6) is -2.62. The Kier molecular flexibility index (Phi) is 3.51. The number of esters is 1. The molecule has 2 bridgehead atoms. The maximum absolute atomic E-state index is 13.2. The van der Waals surface area contributed by atoms with Gasteiger partial charge in [-0.05, 0) is 30.6 Å². The highest BCUT2D eigenvalue weighted by Gasteiger charge is 2.68. The highest BCUT2D eigenvalue weighted by Crippen LogP contribution is 2.66. The van der Waals surface area contributed by atoms with Crippen molar-refractivity contribution in [2.24, 2.45) is 23.7 Å². The second-order valence-electron chi connectivity index (χ2n) is 5.78. The molecule has 3 rings (SSSR count). The van der Waals surface area contributed by atoms with Crippen LogP contribution in [-0.4, -0.2) is 44.8 Å². The molecule has 0 spiro atoms. The molecule has 1 N–H and O–H groups in total. The Morgan fingerprint density at radius 1 is 1.09 bits per heavy atom. The van der Waals surface area contributed by atoms with Gasteiger partial charge in [-0.1, -0.05) is 0 Å². The van der Waals surface area contributed by atoms with Gasteiger partial charge >= 0.3 is 21.3 Å². The molecule has 0 heterocycles. The summed E-state index contributed by atoms with van der Waals surface area (Å²) in [4.78, 5) is 11.4. The molecular weight excluding hydrogens is 350 g/mol. The van der Waals surface area contributed by atoms with Crippen molar-refractivity contribution in [3.63, 3.8) is 0 Å². The van der Waals surface area contributed by atoms with E-state index in [-0.39, 0.29) is 23.7 Å². The average molecular weight is 362 g/mol. The van der Waals surface area contributed by atoms with Crippen LogP contribution in [0.3, 0.4) is 0 Å². The van der Waals surface area contributed by atoms with Gasteiger partial charge < -0.3 is 4.74 Å². The highest BCUT2D eigenvalue weighted by atomic mass is 32.2. The van der Waals surface area contributed by atoms with Crippen molar-refractivity contribution >= 4 is 27.1 Å². The monoisotopic (exact) mass is 362 g/mol. The van der Waals surface area contributed by atoms with E-state index in [9.17, 15) is 30.4 Å². The number of rotatable bonds is 5. The van der Waals surface area contributed by atoms with Crippen molar-refractivity contribution in [2.45, 2.75) is 30.3 Å². The summed E-state index contributed by atoms with van der Waals surface area (Å²) in [6, 6.07) is 0. The van der Waals surface area contributed by atoms with Crippen LogP contribution >= 0.6 is 0 Å². The second-order valence-corrected chi connectivity index (χ2v) is 7.90. The Morgan fingerprint density at radius 3 is 2.09 bits per heavy atom. The number of fused-ring (bicyclic) bond motifs is 5. The quantitative estimate of drug-likeness (QED) is 0.384. The molecule has 0 aromatic rings. The lowest BCUT2D eigenvalue weighted by atomic mass is 9.95. The number of hydrogen-bond donors (Lipinski definition) is 2. The third-order valence-electron chi connectivity index (χ3n) is 4.72. The van der Waals surface area contributed by atoms with E-state index in [2.05, 4.69) is 8.92 Å². The first kappa shape index (κ1) is 16.0. The number of halogens is 2. The van der Waals surface area contributed by atoms with Gasteiger partial charge in [-0.3, -0.25) is 8.74 Å².